The van der Waals surface area contributed by atoms with Crippen LogP contribution in [0.25, 0.3) is 11.0 Å². The van der Waals surface area contributed by atoms with Crippen LogP contribution in [0.1, 0.15) is 15.9 Å². The molecule has 0 spiro atoms. The summed E-state index contributed by atoms with van der Waals surface area (Å²) in [7, 11) is 1.60. The Morgan fingerprint density at radius 2 is 1.79 bits per heavy atom. The van der Waals surface area contributed by atoms with Gasteiger partial charge in [-0.3, -0.25) is 14.5 Å². The van der Waals surface area contributed by atoms with E-state index in [1.54, 1.807) is 55.6 Å². The van der Waals surface area contributed by atoms with E-state index in [0.717, 1.165) is 10.9 Å². The second kappa shape index (κ2) is 10.5. The Balaban J connectivity index is 1.38. The highest BCUT2D eigenvalue weighted by atomic mass is 16.5. The Morgan fingerprint density at radius 3 is 2.53 bits per heavy atom. The molecular formula is C26H25N3O5. The van der Waals surface area contributed by atoms with Gasteiger partial charge in [0.25, 0.3) is 5.91 Å². The molecule has 0 fully saturated rings. The average molecular weight is 460 g/mol. The van der Waals surface area contributed by atoms with Crippen LogP contribution in [-0.2, 0) is 16.1 Å². The van der Waals surface area contributed by atoms with Crippen LogP contribution < -0.4 is 20.7 Å². The van der Waals surface area contributed by atoms with Crippen molar-refractivity contribution in [2.24, 2.45) is 0 Å². The number of hydrogen-bond acceptors (Lipinski definition) is 6. The highest BCUT2D eigenvalue weighted by Gasteiger charge is 2.19. The van der Waals surface area contributed by atoms with Gasteiger partial charge in [0, 0.05) is 23.6 Å². The summed E-state index contributed by atoms with van der Waals surface area (Å²) < 4.78 is 17.0. The number of furan rings is 1. The smallest absolute Gasteiger partial charge is 0.255 e. The largest absolute Gasteiger partial charge is 0.492 e. The standard InChI is InChI=1S/C26H25N3O5/c1-32-16-21-20-6-2-5-9-24(20)34-26(21)29(17-30)14-15-33-19-12-10-18(11-13-19)25(31)28-23-8-4-3-7-22(23)27/h2-13,17H,14-16,27H2,1H3,(H,28,31). The predicted octanol–water partition coefficient (Wildman–Crippen LogP) is 4.46. The van der Waals surface area contributed by atoms with E-state index in [2.05, 4.69) is 5.32 Å². The van der Waals surface area contributed by atoms with E-state index in [1.807, 2.05) is 24.3 Å². The fourth-order valence-electron chi connectivity index (χ4n) is 3.57. The third-order valence-corrected chi connectivity index (χ3v) is 5.28. The highest BCUT2D eigenvalue weighted by Crippen LogP contribution is 2.32. The maximum absolute atomic E-state index is 12.5. The van der Waals surface area contributed by atoms with E-state index in [-0.39, 0.29) is 19.1 Å². The number of amides is 2. The zero-order valence-electron chi connectivity index (χ0n) is 18.7. The molecule has 0 radical (unpaired) electrons. The van der Waals surface area contributed by atoms with Crippen molar-refractivity contribution < 1.29 is 23.5 Å². The maximum Gasteiger partial charge on any atom is 0.255 e. The lowest BCUT2D eigenvalue weighted by molar-refractivity contribution is -0.107. The molecule has 4 aromatic rings. The van der Waals surface area contributed by atoms with Crippen molar-refractivity contribution >= 4 is 40.5 Å². The van der Waals surface area contributed by atoms with Crippen molar-refractivity contribution in [2.75, 3.05) is 36.2 Å². The molecule has 8 heteroatoms. The Bertz CT molecular complexity index is 1280. The second-order valence-corrected chi connectivity index (χ2v) is 7.53. The van der Waals surface area contributed by atoms with E-state index in [0.29, 0.717) is 47.2 Å². The first-order valence-electron chi connectivity index (χ1n) is 10.7. The van der Waals surface area contributed by atoms with Crippen LogP contribution in [0.2, 0.25) is 0 Å². The topological polar surface area (TPSA) is 107 Å². The Kier molecular flexibility index (Phi) is 7.10. The Hall–Kier alpha value is -4.30. The molecule has 4 rings (SSSR count). The summed E-state index contributed by atoms with van der Waals surface area (Å²) in [5.74, 6) is 0.740. The summed E-state index contributed by atoms with van der Waals surface area (Å²) in [6, 6.07) is 21.4. The fourth-order valence-corrected chi connectivity index (χ4v) is 3.57. The van der Waals surface area contributed by atoms with Crippen molar-refractivity contribution in [1.82, 2.24) is 0 Å². The third-order valence-electron chi connectivity index (χ3n) is 5.28. The van der Waals surface area contributed by atoms with Crippen LogP contribution in [0.5, 0.6) is 5.75 Å². The molecule has 1 heterocycles. The number of methoxy groups -OCH3 is 1. The molecule has 3 N–H and O–H groups in total. The lowest BCUT2D eigenvalue weighted by Gasteiger charge is -2.16. The molecule has 0 bridgehead atoms. The summed E-state index contributed by atoms with van der Waals surface area (Å²) in [5, 5.41) is 3.69. The number of para-hydroxylation sites is 3. The zero-order chi connectivity index (χ0) is 23.9. The third kappa shape index (κ3) is 5.02. The molecule has 3 aromatic carbocycles. The van der Waals surface area contributed by atoms with Gasteiger partial charge in [-0.1, -0.05) is 30.3 Å². The van der Waals surface area contributed by atoms with Gasteiger partial charge in [0.15, 0.2) is 0 Å². The lowest BCUT2D eigenvalue weighted by Crippen LogP contribution is -2.27. The van der Waals surface area contributed by atoms with E-state index in [1.165, 1.54) is 4.90 Å². The monoisotopic (exact) mass is 459 g/mol. The SMILES string of the molecule is COCc1c(N(C=O)CCOc2ccc(C(=O)Nc3ccccc3N)cc2)oc2ccccc12. The van der Waals surface area contributed by atoms with Crippen molar-refractivity contribution in [3.63, 3.8) is 0 Å². The first kappa shape index (κ1) is 22.9. The number of benzene rings is 3. The lowest BCUT2D eigenvalue weighted by atomic mass is 10.1. The first-order valence-corrected chi connectivity index (χ1v) is 10.7. The van der Waals surface area contributed by atoms with E-state index < -0.39 is 0 Å². The fraction of sp³-hybridized carbons (Fsp3) is 0.154. The van der Waals surface area contributed by atoms with Gasteiger partial charge in [0.05, 0.1) is 24.5 Å². The molecule has 8 nitrogen and oxygen atoms in total. The summed E-state index contributed by atoms with van der Waals surface area (Å²) in [6.07, 6.45) is 0.711. The summed E-state index contributed by atoms with van der Waals surface area (Å²) in [6.45, 7) is 0.819. The molecule has 34 heavy (non-hydrogen) atoms. The molecule has 174 valence electrons. The van der Waals surface area contributed by atoms with Crippen molar-refractivity contribution in [3.05, 3.63) is 83.9 Å². The van der Waals surface area contributed by atoms with Crippen LogP contribution in [0.3, 0.4) is 0 Å². The van der Waals surface area contributed by atoms with Crippen molar-refractivity contribution in [1.29, 1.82) is 0 Å². The second-order valence-electron chi connectivity index (χ2n) is 7.53. The summed E-state index contributed by atoms with van der Waals surface area (Å²) >= 11 is 0. The number of nitrogens with one attached hydrogen (secondary N) is 1. The van der Waals surface area contributed by atoms with Gasteiger partial charge in [-0.2, -0.15) is 0 Å². The van der Waals surface area contributed by atoms with E-state index in [9.17, 15) is 9.59 Å². The number of nitrogens with two attached hydrogens (primary N) is 1. The first-order chi connectivity index (χ1) is 16.6. The average Bonchev–Trinajstić information content (AvgIpc) is 3.22. The molecule has 0 aliphatic rings. The van der Waals surface area contributed by atoms with E-state index >= 15 is 0 Å². The van der Waals surface area contributed by atoms with Gasteiger partial charge in [-0.25, -0.2) is 0 Å². The van der Waals surface area contributed by atoms with Gasteiger partial charge in [0.1, 0.15) is 17.9 Å². The minimum Gasteiger partial charge on any atom is -0.492 e. The van der Waals surface area contributed by atoms with Gasteiger partial charge in [0.2, 0.25) is 12.3 Å². The van der Waals surface area contributed by atoms with Crippen LogP contribution in [0.15, 0.2) is 77.2 Å². The molecule has 0 aliphatic carbocycles. The predicted molar refractivity (Wildman–Crippen MR) is 131 cm³/mol. The summed E-state index contributed by atoms with van der Waals surface area (Å²) in [4.78, 5) is 25.7. The molecule has 0 aliphatic heterocycles. The van der Waals surface area contributed by atoms with Crippen LogP contribution in [0, 0.1) is 0 Å². The normalized spacial score (nSPS) is 10.7. The molecule has 0 atom stereocenters. The van der Waals surface area contributed by atoms with Gasteiger partial charge in [-0.05, 0) is 42.5 Å². The van der Waals surface area contributed by atoms with Crippen LogP contribution in [-0.4, -0.2) is 32.6 Å². The number of carbonyl (C=O) groups is 2. The number of nitrogens with zero attached hydrogens (tertiary/aromatic N) is 1. The van der Waals surface area contributed by atoms with Crippen LogP contribution >= 0.6 is 0 Å². The molecule has 0 saturated heterocycles. The number of carbonyl (C=O) groups excluding carboxylic acids is 2. The Labute approximate surface area is 196 Å². The molecule has 2 amide bonds. The van der Waals surface area contributed by atoms with Gasteiger partial charge < -0.3 is 24.9 Å². The number of hydrogen-bond donors (Lipinski definition) is 2. The van der Waals surface area contributed by atoms with Gasteiger partial charge >= 0.3 is 0 Å². The minimum atomic E-state index is -0.271. The summed E-state index contributed by atoms with van der Waals surface area (Å²) in [5.41, 5.74) is 8.88. The maximum atomic E-state index is 12.5. The van der Waals surface area contributed by atoms with Crippen molar-refractivity contribution in [3.8, 4) is 5.75 Å². The number of anilines is 3. The number of rotatable bonds is 10. The number of nitrogen functional groups attached to an aromatic ring is 1. The Morgan fingerprint density at radius 1 is 1.06 bits per heavy atom. The quantitative estimate of drug-likeness (QED) is 0.268. The van der Waals surface area contributed by atoms with Gasteiger partial charge in [-0.15, -0.1) is 0 Å². The number of ether oxygens (including phenoxy) is 2. The minimum absolute atomic E-state index is 0.230. The zero-order valence-corrected chi connectivity index (χ0v) is 18.7. The molecular weight excluding hydrogens is 434 g/mol. The highest BCUT2D eigenvalue weighted by molar-refractivity contribution is 6.05. The molecule has 0 saturated carbocycles. The van der Waals surface area contributed by atoms with Crippen molar-refractivity contribution in [2.45, 2.75) is 6.61 Å². The van der Waals surface area contributed by atoms with Crippen LogP contribution in [0.4, 0.5) is 17.3 Å². The molecule has 1 aromatic heterocycles. The van der Waals surface area contributed by atoms with E-state index in [4.69, 9.17) is 19.6 Å². The molecule has 0 unspecified atom stereocenters. The number of fused-ring (bicyclic) bond motifs is 1.